The van der Waals surface area contributed by atoms with Crippen molar-refractivity contribution in [3.05, 3.63) is 39.8 Å². The Balaban J connectivity index is 2.25. The Morgan fingerprint density at radius 2 is 2.17 bits per heavy atom. The summed E-state index contributed by atoms with van der Waals surface area (Å²) < 4.78 is 0. The largest absolute Gasteiger partial charge is 0.329 e. The lowest BCUT2D eigenvalue weighted by molar-refractivity contribution is -0.122. The third kappa shape index (κ3) is 2.75. The summed E-state index contributed by atoms with van der Waals surface area (Å²) in [7, 11) is 0. The van der Waals surface area contributed by atoms with Gasteiger partial charge in [0.15, 0.2) is 0 Å². The third-order valence-electron chi connectivity index (χ3n) is 2.37. The molecule has 0 spiro atoms. The van der Waals surface area contributed by atoms with Crippen molar-refractivity contribution in [3.63, 3.8) is 0 Å². The molecule has 1 aromatic carbocycles. The summed E-state index contributed by atoms with van der Waals surface area (Å²) in [6.07, 6.45) is 1.66. The number of halogens is 1. The zero-order chi connectivity index (χ0) is 13.1. The summed E-state index contributed by atoms with van der Waals surface area (Å²) in [5.41, 5.74) is 6.15. The summed E-state index contributed by atoms with van der Waals surface area (Å²) >= 11 is 6.78. The van der Waals surface area contributed by atoms with Gasteiger partial charge in [0.25, 0.3) is 11.1 Å². The highest BCUT2D eigenvalue weighted by Gasteiger charge is 2.34. The molecule has 6 heteroatoms. The molecule has 1 aromatic rings. The van der Waals surface area contributed by atoms with Crippen LogP contribution in [-0.2, 0) is 4.79 Å². The van der Waals surface area contributed by atoms with Gasteiger partial charge in [-0.1, -0.05) is 23.7 Å². The van der Waals surface area contributed by atoms with Crippen molar-refractivity contribution >= 4 is 40.6 Å². The fraction of sp³-hybridized carbons (Fsp3) is 0.167. The van der Waals surface area contributed by atoms with Crippen LogP contribution in [0.2, 0.25) is 5.02 Å². The average molecular weight is 283 g/mol. The van der Waals surface area contributed by atoms with E-state index in [4.69, 9.17) is 17.3 Å². The SMILES string of the molecule is NCCN1C(=O)S/C(=C\c2cccc(Cl)c2)C1=O. The number of rotatable bonds is 3. The Morgan fingerprint density at radius 3 is 2.83 bits per heavy atom. The number of nitrogens with zero attached hydrogens (tertiary/aromatic N) is 1. The van der Waals surface area contributed by atoms with Crippen molar-refractivity contribution in [3.8, 4) is 0 Å². The van der Waals surface area contributed by atoms with Crippen LogP contribution in [0.15, 0.2) is 29.2 Å². The minimum atomic E-state index is -0.296. The minimum absolute atomic E-state index is 0.248. The van der Waals surface area contributed by atoms with E-state index in [-0.39, 0.29) is 24.2 Å². The van der Waals surface area contributed by atoms with Crippen LogP contribution in [0.25, 0.3) is 6.08 Å². The van der Waals surface area contributed by atoms with Crippen LogP contribution < -0.4 is 5.73 Å². The molecule has 94 valence electrons. The second kappa shape index (κ2) is 5.56. The molecule has 1 saturated heterocycles. The van der Waals surface area contributed by atoms with Crippen molar-refractivity contribution in [1.29, 1.82) is 0 Å². The molecule has 0 atom stereocenters. The van der Waals surface area contributed by atoms with Gasteiger partial charge in [0.05, 0.1) is 4.91 Å². The van der Waals surface area contributed by atoms with E-state index < -0.39 is 0 Å². The van der Waals surface area contributed by atoms with Gasteiger partial charge in [-0.05, 0) is 35.5 Å². The number of nitrogens with two attached hydrogens (primary N) is 1. The molecule has 1 aliphatic rings. The fourth-order valence-electron chi connectivity index (χ4n) is 1.57. The summed E-state index contributed by atoms with van der Waals surface area (Å²) in [6.45, 7) is 0.514. The van der Waals surface area contributed by atoms with Gasteiger partial charge in [-0.15, -0.1) is 0 Å². The summed E-state index contributed by atoms with van der Waals surface area (Å²) in [4.78, 5) is 25.1. The van der Waals surface area contributed by atoms with Gasteiger partial charge in [-0.2, -0.15) is 0 Å². The monoisotopic (exact) mass is 282 g/mol. The van der Waals surface area contributed by atoms with Crippen LogP contribution in [0.1, 0.15) is 5.56 Å². The molecule has 2 amide bonds. The Hall–Kier alpha value is -1.30. The van der Waals surface area contributed by atoms with Crippen LogP contribution in [0, 0.1) is 0 Å². The molecule has 2 rings (SSSR count). The maximum Gasteiger partial charge on any atom is 0.293 e. The van der Waals surface area contributed by atoms with Crippen LogP contribution in [-0.4, -0.2) is 29.1 Å². The first kappa shape index (κ1) is 13.1. The predicted octanol–water partition coefficient (Wildman–Crippen LogP) is 2.34. The lowest BCUT2D eigenvalue weighted by Gasteiger charge is -2.09. The number of amides is 2. The van der Waals surface area contributed by atoms with Gasteiger partial charge >= 0.3 is 0 Å². The van der Waals surface area contributed by atoms with E-state index in [0.717, 1.165) is 22.2 Å². The van der Waals surface area contributed by atoms with Crippen LogP contribution in [0.4, 0.5) is 4.79 Å². The van der Waals surface area contributed by atoms with Crippen molar-refractivity contribution in [2.45, 2.75) is 0 Å². The molecule has 1 aliphatic heterocycles. The smallest absolute Gasteiger partial charge is 0.293 e. The average Bonchev–Trinajstić information content (AvgIpc) is 2.57. The number of carbonyl (C=O) groups excluding carboxylic acids is 2. The second-order valence-corrected chi connectivity index (χ2v) is 5.11. The molecule has 0 bridgehead atoms. The second-order valence-electron chi connectivity index (χ2n) is 3.68. The predicted molar refractivity (Wildman–Crippen MR) is 73.2 cm³/mol. The molecule has 0 aliphatic carbocycles. The molecular weight excluding hydrogens is 272 g/mol. The van der Waals surface area contributed by atoms with Crippen molar-refractivity contribution in [2.24, 2.45) is 5.73 Å². The Bertz CT molecular complexity index is 531. The van der Waals surface area contributed by atoms with Gasteiger partial charge in [-0.3, -0.25) is 14.5 Å². The molecular formula is C12H11ClN2O2S. The standard InChI is InChI=1S/C12H11ClN2O2S/c13-9-3-1-2-8(6-9)7-10-11(16)15(5-4-14)12(17)18-10/h1-3,6-7H,4-5,14H2/b10-7-. The van der Waals surface area contributed by atoms with Gasteiger partial charge in [0.2, 0.25) is 0 Å². The van der Waals surface area contributed by atoms with Crippen LogP contribution in [0.3, 0.4) is 0 Å². The maximum absolute atomic E-state index is 11.9. The maximum atomic E-state index is 11.9. The molecule has 1 fully saturated rings. The molecule has 1 heterocycles. The van der Waals surface area contributed by atoms with Crippen LogP contribution in [0.5, 0.6) is 0 Å². The quantitative estimate of drug-likeness (QED) is 0.864. The first-order chi connectivity index (χ1) is 8.61. The highest BCUT2D eigenvalue weighted by atomic mass is 35.5. The molecule has 0 radical (unpaired) electrons. The minimum Gasteiger partial charge on any atom is -0.329 e. The molecule has 0 saturated carbocycles. The fourth-order valence-corrected chi connectivity index (χ4v) is 2.63. The van der Waals surface area contributed by atoms with E-state index in [1.807, 2.05) is 6.07 Å². The van der Waals surface area contributed by atoms with E-state index in [0.29, 0.717) is 9.93 Å². The first-order valence-electron chi connectivity index (χ1n) is 5.33. The van der Waals surface area contributed by atoms with E-state index in [9.17, 15) is 9.59 Å². The summed E-state index contributed by atoms with van der Waals surface area (Å²) in [5.74, 6) is -0.296. The molecule has 18 heavy (non-hydrogen) atoms. The van der Waals surface area contributed by atoms with Gasteiger partial charge in [0, 0.05) is 18.1 Å². The van der Waals surface area contributed by atoms with Crippen molar-refractivity contribution < 1.29 is 9.59 Å². The normalized spacial score (nSPS) is 17.9. The lowest BCUT2D eigenvalue weighted by Crippen LogP contribution is -2.33. The molecule has 2 N–H and O–H groups in total. The Kier molecular flexibility index (Phi) is 4.06. The molecule has 0 aromatic heterocycles. The van der Waals surface area contributed by atoms with E-state index in [1.165, 1.54) is 0 Å². The van der Waals surface area contributed by atoms with Crippen molar-refractivity contribution in [2.75, 3.05) is 13.1 Å². The van der Waals surface area contributed by atoms with Gasteiger partial charge in [-0.25, -0.2) is 0 Å². The number of benzene rings is 1. The third-order valence-corrected chi connectivity index (χ3v) is 3.52. The number of hydrogen-bond donors (Lipinski definition) is 1. The molecule has 4 nitrogen and oxygen atoms in total. The number of carbonyl (C=O) groups is 2. The number of imide groups is 1. The van der Waals surface area contributed by atoms with Crippen LogP contribution >= 0.6 is 23.4 Å². The highest BCUT2D eigenvalue weighted by Crippen LogP contribution is 2.32. The summed E-state index contributed by atoms with van der Waals surface area (Å²) in [5, 5.41) is 0.309. The van der Waals surface area contributed by atoms with Gasteiger partial charge in [0.1, 0.15) is 0 Å². The Labute approximate surface area is 114 Å². The topological polar surface area (TPSA) is 63.4 Å². The van der Waals surface area contributed by atoms with Gasteiger partial charge < -0.3 is 5.73 Å². The first-order valence-corrected chi connectivity index (χ1v) is 6.52. The number of hydrogen-bond acceptors (Lipinski definition) is 4. The molecule has 0 unspecified atom stereocenters. The zero-order valence-corrected chi connectivity index (χ0v) is 11.0. The van der Waals surface area contributed by atoms with Crippen molar-refractivity contribution in [1.82, 2.24) is 4.90 Å². The Morgan fingerprint density at radius 1 is 1.39 bits per heavy atom. The van der Waals surface area contributed by atoms with E-state index in [2.05, 4.69) is 0 Å². The van der Waals surface area contributed by atoms with E-state index >= 15 is 0 Å². The zero-order valence-electron chi connectivity index (χ0n) is 9.43. The number of thioether (sulfide) groups is 1. The summed E-state index contributed by atoms with van der Waals surface area (Å²) in [6, 6.07) is 7.10. The highest BCUT2D eigenvalue weighted by molar-refractivity contribution is 8.18. The lowest BCUT2D eigenvalue weighted by atomic mass is 10.2. The van der Waals surface area contributed by atoms with E-state index in [1.54, 1.807) is 24.3 Å².